The predicted molar refractivity (Wildman–Crippen MR) is 66.0 cm³/mol. The Hall–Kier alpha value is -1.55. The molecule has 0 amide bonds. The van der Waals surface area contributed by atoms with Gasteiger partial charge in [-0.05, 0) is 25.5 Å². The maximum Gasteiger partial charge on any atom is 0.179 e. The van der Waals surface area contributed by atoms with Gasteiger partial charge in [-0.15, -0.1) is 11.3 Å². The van der Waals surface area contributed by atoms with Crippen molar-refractivity contribution in [3.8, 4) is 0 Å². The van der Waals surface area contributed by atoms with E-state index in [4.69, 9.17) is 0 Å². The molecule has 4 heteroatoms. The molecule has 0 spiro atoms. The standard InChI is InChI=1S/C13H12FNOS/c1-8-13(17-9(2)15-8)12(16)7-10-5-3-4-6-11(10)14/h3-6H,7H2,1-2H3. The van der Waals surface area contributed by atoms with E-state index in [1.165, 1.54) is 17.4 Å². The summed E-state index contributed by atoms with van der Waals surface area (Å²) in [7, 11) is 0. The number of benzene rings is 1. The van der Waals surface area contributed by atoms with Crippen molar-refractivity contribution in [2.24, 2.45) is 0 Å². The summed E-state index contributed by atoms with van der Waals surface area (Å²) in [5.41, 5.74) is 1.16. The lowest BCUT2D eigenvalue weighted by Gasteiger charge is -2.01. The molecule has 2 rings (SSSR count). The van der Waals surface area contributed by atoms with Crippen molar-refractivity contribution in [2.45, 2.75) is 20.3 Å². The summed E-state index contributed by atoms with van der Waals surface area (Å²) in [6.07, 6.45) is 0.0924. The van der Waals surface area contributed by atoms with Crippen molar-refractivity contribution in [2.75, 3.05) is 0 Å². The lowest BCUT2D eigenvalue weighted by Crippen LogP contribution is -2.04. The molecule has 1 aromatic carbocycles. The van der Waals surface area contributed by atoms with Gasteiger partial charge in [0, 0.05) is 6.42 Å². The molecule has 17 heavy (non-hydrogen) atoms. The maximum atomic E-state index is 13.4. The van der Waals surface area contributed by atoms with Crippen LogP contribution in [0.4, 0.5) is 4.39 Å². The SMILES string of the molecule is Cc1nc(C)c(C(=O)Cc2ccccc2F)s1. The van der Waals surface area contributed by atoms with Crippen LogP contribution in [0, 0.1) is 19.7 Å². The van der Waals surface area contributed by atoms with Crippen LogP contribution in [-0.4, -0.2) is 10.8 Å². The van der Waals surface area contributed by atoms with E-state index in [0.717, 1.165) is 10.7 Å². The second-order valence-electron chi connectivity index (χ2n) is 3.84. The highest BCUT2D eigenvalue weighted by molar-refractivity contribution is 7.13. The van der Waals surface area contributed by atoms with Crippen molar-refractivity contribution in [1.29, 1.82) is 0 Å². The number of hydrogen-bond donors (Lipinski definition) is 0. The molecule has 0 aliphatic rings. The van der Waals surface area contributed by atoms with Crippen molar-refractivity contribution in [3.05, 3.63) is 51.2 Å². The normalized spacial score (nSPS) is 10.5. The van der Waals surface area contributed by atoms with E-state index >= 15 is 0 Å². The summed E-state index contributed by atoms with van der Waals surface area (Å²) in [6.45, 7) is 3.66. The van der Waals surface area contributed by atoms with Crippen molar-refractivity contribution in [1.82, 2.24) is 4.98 Å². The highest BCUT2D eigenvalue weighted by Gasteiger charge is 2.15. The lowest BCUT2D eigenvalue weighted by molar-refractivity contribution is 0.0995. The highest BCUT2D eigenvalue weighted by Crippen LogP contribution is 2.20. The van der Waals surface area contributed by atoms with E-state index in [1.54, 1.807) is 25.1 Å². The van der Waals surface area contributed by atoms with Gasteiger partial charge in [-0.1, -0.05) is 18.2 Å². The first-order valence-corrected chi connectivity index (χ1v) is 6.10. The smallest absolute Gasteiger partial charge is 0.179 e. The summed E-state index contributed by atoms with van der Waals surface area (Å²) in [5, 5.41) is 0.861. The van der Waals surface area contributed by atoms with Crippen LogP contribution >= 0.6 is 11.3 Å². The first kappa shape index (κ1) is 11.9. The third-order valence-corrected chi connectivity index (χ3v) is 3.58. The Bertz CT molecular complexity index is 562. The molecular formula is C13H12FNOS. The van der Waals surface area contributed by atoms with Gasteiger partial charge in [0.25, 0.3) is 0 Å². The molecule has 0 bridgehead atoms. The molecular weight excluding hydrogens is 237 g/mol. The number of carbonyl (C=O) groups is 1. The highest BCUT2D eigenvalue weighted by atomic mass is 32.1. The molecule has 1 aromatic heterocycles. The van der Waals surface area contributed by atoms with Crippen LogP contribution in [0.1, 0.15) is 25.9 Å². The monoisotopic (exact) mass is 249 g/mol. The minimum absolute atomic E-state index is 0.0711. The topological polar surface area (TPSA) is 30.0 Å². The maximum absolute atomic E-state index is 13.4. The van der Waals surface area contributed by atoms with Gasteiger partial charge in [0.2, 0.25) is 0 Å². The molecule has 0 radical (unpaired) electrons. The number of thiazole rings is 1. The van der Waals surface area contributed by atoms with Gasteiger partial charge < -0.3 is 0 Å². The molecule has 2 nitrogen and oxygen atoms in total. The van der Waals surface area contributed by atoms with Gasteiger partial charge in [0.15, 0.2) is 5.78 Å². The van der Waals surface area contributed by atoms with Crippen LogP contribution in [-0.2, 0) is 6.42 Å². The molecule has 88 valence electrons. The lowest BCUT2D eigenvalue weighted by atomic mass is 10.1. The van der Waals surface area contributed by atoms with Gasteiger partial charge in [0.1, 0.15) is 5.82 Å². The number of rotatable bonds is 3. The van der Waals surface area contributed by atoms with Gasteiger partial charge in [-0.3, -0.25) is 4.79 Å². The van der Waals surface area contributed by atoms with Gasteiger partial charge >= 0.3 is 0 Å². The minimum atomic E-state index is -0.334. The fourth-order valence-corrected chi connectivity index (χ4v) is 2.54. The minimum Gasteiger partial charge on any atom is -0.293 e. The van der Waals surface area contributed by atoms with E-state index < -0.39 is 0 Å². The summed E-state index contributed by atoms with van der Waals surface area (Å²) in [4.78, 5) is 16.8. The molecule has 0 atom stereocenters. The zero-order valence-electron chi connectivity index (χ0n) is 9.66. The Labute approximate surface area is 103 Å². The number of aryl methyl sites for hydroxylation is 2. The Balaban J connectivity index is 2.23. The summed E-state index contributed by atoms with van der Waals surface area (Å²) in [6, 6.07) is 6.35. The van der Waals surface area contributed by atoms with E-state index in [-0.39, 0.29) is 18.0 Å². The molecule has 0 aliphatic carbocycles. The number of halogens is 1. The van der Waals surface area contributed by atoms with Crippen molar-refractivity contribution >= 4 is 17.1 Å². The molecule has 0 saturated carbocycles. The number of carbonyl (C=O) groups excluding carboxylic acids is 1. The molecule has 1 heterocycles. The molecule has 2 aromatic rings. The third-order valence-electron chi connectivity index (χ3n) is 2.47. The summed E-state index contributed by atoms with van der Waals surface area (Å²) < 4.78 is 13.4. The van der Waals surface area contributed by atoms with Gasteiger partial charge in [-0.2, -0.15) is 0 Å². The van der Waals surface area contributed by atoms with E-state index in [0.29, 0.717) is 10.4 Å². The van der Waals surface area contributed by atoms with E-state index in [1.807, 2.05) is 6.92 Å². The summed E-state index contributed by atoms with van der Waals surface area (Å²) in [5.74, 6) is -0.405. The van der Waals surface area contributed by atoms with Crippen LogP contribution in [0.5, 0.6) is 0 Å². The van der Waals surface area contributed by atoms with Crippen LogP contribution in [0.3, 0.4) is 0 Å². The second-order valence-corrected chi connectivity index (χ2v) is 5.04. The molecule has 0 fully saturated rings. The molecule has 0 saturated heterocycles. The van der Waals surface area contributed by atoms with Crippen LogP contribution < -0.4 is 0 Å². The number of nitrogens with zero attached hydrogens (tertiary/aromatic N) is 1. The van der Waals surface area contributed by atoms with Crippen molar-refractivity contribution < 1.29 is 9.18 Å². The van der Waals surface area contributed by atoms with Gasteiger partial charge in [-0.25, -0.2) is 9.37 Å². The number of aromatic nitrogens is 1. The molecule has 0 N–H and O–H groups in total. The number of hydrogen-bond acceptors (Lipinski definition) is 3. The number of ketones is 1. The second kappa shape index (κ2) is 4.75. The average molecular weight is 249 g/mol. The first-order chi connectivity index (χ1) is 8.08. The molecule has 0 aliphatic heterocycles. The zero-order valence-corrected chi connectivity index (χ0v) is 10.5. The van der Waals surface area contributed by atoms with E-state index in [9.17, 15) is 9.18 Å². The van der Waals surface area contributed by atoms with Crippen LogP contribution in [0.25, 0.3) is 0 Å². The first-order valence-electron chi connectivity index (χ1n) is 5.28. The third kappa shape index (κ3) is 2.58. The van der Waals surface area contributed by atoms with Crippen LogP contribution in [0.15, 0.2) is 24.3 Å². The fraction of sp³-hybridized carbons (Fsp3) is 0.231. The van der Waals surface area contributed by atoms with Crippen LogP contribution in [0.2, 0.25) is 0 Å². The largest absolute Gasteiger partial charge is 0.293 e. The zero-order chi connectivity index (χ0) is 12.4. The average Bonchev–Trinajstić information content (AvgIpc) is 2.61. The Morgan fingerprint density at radius 1 is 1.35 bits per heavy atom. The Kier molecular flexibility index (Phi) is 3.33. The van der Waals surface area contributed by atoms with Crippen molar-refractivity contribution in [3.63, 3.8) is 0 Å². The Morgan fingerprint density at radius 2 is 2.06 bits per heavy atom. The predicted octanol–water partition coefficient (Wildman–Crippen LogP) is 3.32. The fourth-order valence-electron chi connectivity index (χ4n) is 1.69. The number of Topliss-reactive ketones (excluding diaryl/α,β-unsaturated/α-hetero) is 1. The van der Waals surface area contributed by atoms with Gasteiger partial charge in [0.05, 0.1) is 15.6 Å². The Morgan fingerprint density at radius 3 is 2.65 bits per heavy atom. The quantitative estimate of drug-likeness (QED) is 0.781. The molecule has 0 unspecified atom stereocenters. The van der Waals surface area contributed by atoms with E-state index in [2.05, 4.69) is 4.98 Å². The summed E-state index contributed by atoms with van der Waals surface area (Å²) >= 11 is 1.36.